The van der Waals surface area contributed by atoms with Crippen molar-refractivity contribution in [2.45, 2.75) is 13.0 Å². The molecule has 0 fully saturated rings. The summed E-state index contributed by atoms with van der Waals surface area (Å²) in [4.78, 5) is 27.1. The monoisotopic (exact) mass is 355 g/mol. The van der Waals surface area contributed by atoms with Crippen LogP contribution in [0.2, 0.25) is 0 Å². The molecule has 0 bridgehead atoms. The van der Waals surface area contributed by atoms with Crippen LogP contribution in [0.1, 0.15) is 6.42 Å². The Labute approximate surface area is 155 Å². The Bertz CT molecular complexity index is 1190. The van der Waals surface area contributed by atoms with Crippen LogP contribution in [0, 0.1) is 0 Å². The molecule has 0 saturated heterocycles. The first kappa shape index (κ1) is 15.7. The second-order valence-electron chi connectivity index (χ2n) is 6.50. The molecule has 2 aromatic heterocycles. The smallest absolute Gasteiger partial charge is 0.283 e. The fourth-order valence-corrected chi connectivity index (χ4v) is 3.41. The lowest BCUT2D eigenvalue weighted by Gasteiger charge is -2.19. The molecule has 27 heavy (non-hydrogen) atoms. The fourth-order valence-electron chi connectivity index (χ4n) is 3.41. The molecular weight excluding hydrogens is 338 g/mol. The maximum absolute atomic E-state index is 13.0. The summed E-state index contributed by atoms with van der Waals surface area (Å²) in [5.41, 5.74) is 3.82. The number of hydrogen-bond donors (Lipinski definition) is 1. The molecule has 3 heterocycles. The van der Waals surface area contributed by atoms with Gasteiger partial charge in [0.15, 0.2) is 11.2 Å². The van der Waals surface area contributed by atoms with E-state index >= 15 is 0 Å². The SMILES string of the molecule is O=c1c2nc(-c3ccccc3)c(-c3ccccc3)nc2nc2n1CCCN2. The molecule has 1 aliphatic heterocycles. The molecule has 6 nitrogen and oxygen atoms in total. The molecule has 6 heteroatoms. The highest BCUT2D eigenvalue weighted by atomic mass is 16.1. The Kier molecular flexibility index (Phi) is 3.67. The van der Waals surface area contributed by atoms with Crippen molar-refractivity contribution in [3.8, 4) is 22.5 Å². The first-order valence-electron chi connectivity index (χ1n) is 8.98. The summed E-state index contributed by atoms with van der Waals surface area (Å²) in [6.07, 6.45) is 0.890. The Morgan fingerprint density at radius 2 is 1.44 bits per heavy atom. The van der Waals surface area contributed by atoms with Crippen LogP contribution in [-0.4, -0.2) is 26.1 Å². The van der Waals surface area contributed by atoms with E-state index in [0.29, 0.717) is 29.4 Å². The predicted octanol–water partition coefficient (Wildman–Crippen LogP) is 3.34. The van der Waals surface area contributed by atoms with Crippen LogP contribution in [0.3, 0.4) is 0 Å². The lowest BCUT2D eigenvalue weighted by Crippen LogP contribution is -2.31. The lowest BCUT2D eigenvalue weighted by atomic mass is 10.0. The van der Waals surface area contributed by atoms with Gasteiger partial charge in [-0.15, -0.1) is 0 Å². The summed E-state index contributed by atoms with van der Waals surface area (Å²) in [6, 6.07) is 19.7. The number of nitrogens with zero attached hydrogens (tertiary/aromatic N) is 4. The molecule has 0 atom stereocenters. The molecule has 0 unspecified atom stereocenters. The number of rotatable bonds is 2. The van der Waals surface area contributed by atoms with Gasteiger partial charge in [0.25, 0.3) is 5.56 Å². The molecule has 0 aliphatic carbocycles. The Morgan fingerprint density at radius 1 is 0.815 bits per heavy atom. The van der Waals surface area contributed by atoms with Crippen molar-refractivity contribution in [2.75, 3.05) is 11.9 Å². The van der Waals surface area contributed by atoms with Crippen LogP contribution in [0.15, 0.2) is 65.5 Å². The van der Waals surface area contributed by atoms with Gasteiger partial charge in [-0.05, 0) is 6.42 Å². The topological polar surface area (TPSA) is 72.7 Å². The third-order valence-corrected chi connectivity index (χ3v) is 4.73. The molecule has 0 radical (unpaired) electrons. The van der Waals surface area contributed by atoms with Gasteiger partial charge in [0.2, 0.25) is 5.95 Å². The minimum atomic E-state index is -0.147. The first-order valence-corrected chi connectivity index (χ1v) is 8.98. The summed E-state index contributed by atoms with van der Waals surface area (Å²) in [6.45, 7) is 1.45. The Balaban J connectivity index is 1.85. The van der Waals surface area contributed by atoms with Gasteiger partial charge in [-0.1, -0.05) is 60.7 Å². The summed E-state index contributed by atoms with van der Waals surface area (Å²) in [5.74, 6) is 0.569. The molecule has 0 amide bonds. The highest BCUT2D eigenvalue weighted by Crippen LogP contribution is 2.30. The van der Waals surface area contributed by atoms with E-state index in [1.54, 1.807) is 4.57 Å². The summed E-state index contributed by atoms with van der Waals surface area (Å²) in [7, 11) is 0. The number of benzene rings is 2. The van der Waals surface area contributed by atoms with E-state index in [-0.39, 0.29) is 5.56 Å². The normalized spacial score (nSPS) is 13.2. The largest absolute Gasteiger partial charge is 0.355 e. The average molecular weight is 355 g/mol. The summed E-state index contributed by atoms with van der Waals surface area (Å²) in [5, 5.41) is 3.19. The van der Waals surface area contributed by atoms with Gasteiger partial charge in [-0.25, -0.2) is 9.97 Å². The zero-order chi connectivity index (χ0) is 18.2. The van der Waals surface area contributed by atoms with Crippen LogP contribution in [0.4, 0.5) is 5.95 Å². The third kappa shape index (κ3) is 2.66. The Hall–Kier alpha value is -3.54. The van der Waals surface area contributed by atoms with Crippen molar-refractivity contribution in [2.24, 2.45) is 0 Å². The summed E-state index contributed by atoms with van der Waals surface area (Å²) < 4.78 is 1.65. The Morgan fingerprint density at radius 3 is 2.11 bits per heavy atom. The van der Waals surface area contributed by atoms with Crippen LogP contribution in [0.5, 0.6) is 0 Å². The quantitative estimate of drug-likeness (QED) is 0.597. The van der Waals surface area contributed by atoms with Crippen LogP contribution >= 0.6 is 0 Å². The predicted molar refractivity (Wildman–Crippen MR) is 106 cm³/mol. The van der Waals surface area contributed by atoms with Gasteiger partial charge in [-0.3, -0.25) is 9.36 Å². The van der Waals surface area contributed by atoms with Gasteiger partial charge >= 0.3 is 0 Å². The van der Waals surface area contributed by atoms with E-state index in [9.17, 15) is 4.79 Å². The number of hydrogen-bond acceptors (Lipinski definition) is 5. The van der Waals surface area contributed by atoms with Gasteiger partial charge in [0.1, 0.15) is 0 Å². The highest BCUT2D eigenvalue weighted by molar-refractivity contribution is 5.84. The molecule has 0 saturated carbocycles. The molecule has 4 aromatic rings. The standard InChI is InChI=1S/C21H17N5O/c27-20-18-19(25-21-22-12-7-13-26(20)21)24-17(15-10-5-2-6-11-15)16(23-18)14-8-3-1-4-9-14/h1-6,8-11H,7,12-13H2,(H,22,24,25). The zero-order valence-electron chi connectivity index (χ0n) is 14.6. The molecular formula is C21H17N5O. The van der Waals surface area contributed by atoms with E-state index < -0.39 is 0 Å². The van der Waals surface area contributed by atoms with Crippen molar-refractivity contribution in [3.05, 3.63) is 71.0 Å². The fraction of sp³-hybridized carbons (Fsp3) is 0.143. The number of nitrogens with one attached hydrogen (secondary N) is 1. The van der Waals surface area contributed by atoms with Gasteiger partial charge in [0, 0.05) is 24.2 Å². The average Bonchev–Trinajstić information content (AvgIpc) is 2.74. The highest BCUT2D eigenvalue weighted by Gasteiger charge is 2.19. The van der Waals surface area contributed by atoms with E-state index in [2.05, 4.69) is 10.3 Å². The second kappa shape index (κ2) is 6.32. The molecule has 132 valence electrons. The zero-order valence-corrected chi connectivity index (χ0v) is 14.6. The van der Waals surface area contributed by atoms with E-state index in [0.717, 1.165) is 29.8 Å². The summed E-state index contributed by atoms with van der Waals surface area (Å²) >= 11 is 0. The molecule has 2 aromatic carbocycles. The maximum atomic E-state index is 13.0. The molecule has 1 aliphatic rings. The number of aromatic nitrogens is 4. The van der Waals surface area contributed by atoms with E-state index in [4.69, 9.17) is 9.97 Å². The van der Waals surface area contributed by atoms with E-state index in [1.165, 1.54) is 0 Å². The molecule has 1 N–H and O–H groups in total. The van der Waals surface area contributed by atoms with Crippen molar-refractivity contribution in [1.82, 2.24) is 19.5 Å². The van der Waals surface area contributed by atoms with Crippen molar-refractivity contribution >= 4 is 17.1 Å². The second-order valence-corrected chi connectivity index (χ2v) is 6.50. The number of anilines is 1. The van der Waals surface area contributed by atoms with Gasteiger partial charge in [0.05, 0.1) is 11.4 Å². The van der Waals surface area contributed by atoms with Gasteiger partial charge in [-0.2, -0.15) is 4.98 Å². The van der Waals surface area contributed by atoms with Crippen LogP contribution in [0.25, 0.3) is 33.7 Å². The van der Waals surface area contributed by atoms with Crippen molar-refractivity contribution in [3.63, 3.8) is 0 Å². The van der Waals surface area contributed by atoms with E-state index in [1.807, 2.05) is 60.7 Å². The minimum Gasteiger partial charge on any atom is -0.355 e. The maximum Gasteiger partial charge on any atom is 0.283 e. The molecule has 0 spiro atoms. The third-order valence-electron chi connectivity index (χ3n) is 4.73. The minimum absolute atomic E-state index is 0.147. The first-order chi connectivity index (χ1) is 13.3. The van der Waals surface area contributed by atoms with Gasteiger partial charge < -0.3 is 5.32 Å². The lowest BCUT2D eigenvalue weighted by molar-refractivity contribution is 0.600. The van der Waals surface area contributed by atoms with Crippen LogP contribution in [-0.2, 0) is 6.54 Å². The molecule has 5 rings (SSSR count). The number of fused-ring (bicyclic) bond motifs is 2. The van der Waals surface area contributed by atoms with Crippen molar-refractivity contribution < 1.29 is 0 Å². The van der Waals surface area contributed by atoms with Crippen molar-refractivity contribution in [1.29, 1.82) is 0 Å². The van der Waals surface area contributed by atoms with Crippen LogP contribution < -0.4 is 10.9 Å².